The highest BCUT2D eigenvalue weighted by atomic mass is 35.5. The van der Waals surface area contributed by atoms with Gasteiger partial charge in [-0.2, -0.15) is 0 Å². The van der Waals surface area contributed by atoms with Gasteiger partial charge in [-0.1, -0.05) is 0 Å². The van der Waals surface area contributed by atoms with Gasteiger partial charge in [-0.05, 0) is 0 Å². The van der Waals surface area contributed by atoms with Gasteiger partial charge in [-0.25, -0.2) is 13.6 Å². The third-order valence-corrected chi connectivity index (χ3v) is 2.17. The molecule has 0 aliphatic heterocycles. The van der Waals surface area contributed by atoms with E-state index in [4.69, 9.17) is 21.4 Å². The van der Waals surface area contributed by atoms with Crippen molar-refractivity contribution in [3.05, 3.63) is 23.0 Å². The first-order valence-electron chi connectivity index (χ1n) is 4.16. The van der Waals surface area contributed by atoms with Crippen LogP contribution in [0.15, 0.2) is 6.20 Å². The standard InChI is InChI=1S/C9H8ClF2NO3/c1-16-7-5(2-10)13-3-4(8(11)12)6(7)9(14)15/h3,8H,2H2,1H3,(H,14,15). The van der Waals surface area contributed by atoms with Gasteiger partial charge in [-0.15, -0.1) is 11.6 Å². The number of pyridine rings is 1. The first-order chi connectivity index (χ1) is 7.52. The second-order valence-corrected chi connectivity index (χ2v) is 3.08. The van der Waals surface area contributed by atoms with Gasteiger partial charge in [0.2, 0.25) is 0 Å². The molecule has 0 fully saturated rings. The fraction of sp³-hybridized carbons (Fsp3) is 0.333. The number of ether oxygens (including phenoxy) is 1. The highest BCUT2D eigenvalue weighted by Crippen LogP contribution is 2.32. The lowest BCUT2D eigenvalue weighted by Crippen LogP contribution is -2.09. The summed E-state index contributed by atoms with van der Waals surface area (Å²) in [5.74, 6) is -1.84. The van der Waals surface area contributed by atoms with Crippen LogP contribution in [0.25, 0.3) is 0 Å². The Labute approximate surface area is 94.8 Å². The minimum absolute atomic E-state index is 0.117. The summed E-state index contributed by atoms with van der Waals surface area (Å²) < 4.78 is 29.9. The monoisotopic (exact) mass is 251 g/mol. The molecule has 0 aromatic carbocycles. The molecule has 1 aromatic rings. The Bertz CT molecular complexity index is 412. The Hall–Kier alpha value is -1.43. The molecular formula is C9H8ClF2NO3. The highest BCUT2D eigenvalue weighted by molar-refractivity contribution is 6.17. The molecule has 0 saturated carbocycles. The van der Waals surface area contributed by atoms with Gasteiger partial charge in [-0.3, -0.25) is 4.98 Å². The summed E-state index contributed by atoms with van der Waals surface area (Å²) >= 11 is 5.50. The van der Waals surface area contributed by atoms with Gasteiger partial charge >= 0.3 is 5.97 Å². The maximum absolute atomic E-state index is 12.5. The molecule has 16 heavy (non-hydrogen) atoms. The van der Waals surface area contributed by atoms with Gasteiger partial charge in [0, 0.05) is 6.20 Å². The number of aromatic carboxylic acids is 1. The number of methoxy groups -OCH3 is 1. The predicted molar refractivity (Wildman–Crippen MR) is 52.3 cm³/mol. The summed E-state index contributed by atoms with van der Waals surface area (Å²) in [5, 5.41) is 8.86. The summed E-state index contributed by atoms with van der Waals surface area (Å²) in [6.45, 7) is 0. The number of alkyl halides is 3. The number of aromatic nitrogens is 1. The maximum atomic E-state index is 12.5. The van der Waals surface area contributed by atoms with Crippen molar-refractivity contribution in [1.82, 2.24) is 4.98 Å². The van der Waals surface area contributed by atoms with Crippen molar-refractivity contribution >= 4 is 17.6 Å². The summed E-state index contributed by atoms with van der Waals surface area (Å²) in [5.41, 5.74) is -1.16. The molecule has 0 aliphatic rings. The average Bonchev–Trinajstić information content (AvgIpc) is 2.26. The van der Waals surface area contributed by atoms with Gasteiger partial charge in [0.05, 0.1) is 24.2 Å². The van der Waals surface area contributed by atoms with Crippen molar-refractivity contribution in [3.8, 4) is 5.75 Å². The van der Waals surface area contributed by atoms with E-state index >= 15 is 0 Å². The molecule has 4 nitrogen and oxygen atoms in total. The molecule has 88 valence electrons. The zero-order chi connectivity index (χ0) is 12.3. The topological polar surface area (TPSA) is 59.4 Å². The van der Waals surface area contributed by atoms with Crippen molar-refractivity contribution in [2.45, 2.75) is 12.3 Å². The summed E-state index contributed by atoms with van der Waals surface area (Å²) in [4.78, 5) is 14.5. The number of rotatable bonds is 4. The fourth-order valence-electron chi connectivity index (χ4n) is 1.25. The molecule has 0 atom stereocenters. The van der Waals surface area contributed by atoms with Crippen molar-refractivity contribution < 1.29 is 23.4 Å². The van der Waals surface area contributed by atoms with Gasteiger partial charge in [0.25, 0.3) is 6.43 Å². The molecule has 7 heteroatoms. The van der Waals surface area contributed by atoms with Crippen LogP contribution in [-0.4, -0.2) is 23.2 Å². The molecule has 0 saturated heterocycles. The third kappa shape index (κ3) is 2.21. The summed E-state index contributed by atoms with van der Waals surface area (Å²) in [6, 6.07) is 0. The van der Waals surface area contributed by atoms with Gasteiger partial charge < -0.3 is 9.84 Å². The SMILES string of the molecule is COc1c(CCl)ncc(C(F)F)c1C(=O)O. The van der Waals surface area contributed by atoms with E-state index in [1.807, 2.05) is 0 Å². The van der Waals surface area contributed by atoms with Crippen LogP contribution in [0, 0.1) is 0 Å². The van der Waals surface area contributed by atoms with Crippen LogP contribution in [0.2, 0.25) is 0 Å². The van der Waals surface area contributed by atoms with Crippen molar-refractivity contribution in [2.24, 2.45) is 0 Å². The number of carboxylic acid groups (broad SMARTS) is 1. The molecule has 0 bridgehead atoms. The largest absolute Gasteiger partial charge is 0.494 e. The molecule has 1 rings (SSSR count). The van der Waals surface area contributed by atoms with Crippen LogP contribution >= 0.6 is 11.6 Å². The lowest BCUT2D eigenvalue weighted by atomic mass is 10.1. The van der Waals surface area contributed by atoms with Crippen molar-refractivity contribution in [3.63, 3.8) is 0 Å². The average molecular weight is 252 g/mol. The van der Waals surface area contributed by atoms with Crippen molar-refractivity contribution in [1.29, 1.82) is 0 Å². The quantitative estimate of drug-likeness (QED) is 0.835. The molecule has 0 unspecified atom stereocenters. The molecule has 0 amide bonds. The lowest BCUT2D eigenvalue weighted by molar-refractivity contribution is 0.0679. The van der Waals surface area contributed by atoms with E-state index in [0.717, 1.165) is 6.20 Å². The zero-order valence-corrected chi connectivity index (χ0v) is 8.96. The molecule has 1 heterocycles. The lowest BCUT2D eigenvalue weighted by Gasteiger charge is -2.12. The molecular weight excluding hydrogens is 244 g/mol. The van der Waals surface area contributed by atoms with Crippen LogP contribution in [0.5, 0.6) is 5.75 Å². The minimum atomic E-state index is -2.93. The Morgan fingerprint density at radius 3 is 2.69 bits per heavy atom. The smallest absolute Gasteiger partial charge is 0.340 e. The summed E-state index contributed by atoms with van der Waals surface area (Å²) in [7, 11) is 1.18. The van der Waals surface area contributed by atoms with E-state index in [0.29, 0.717) is 0 Å². The van der Waals surface area contributed by atoms with Crippen LogP contribution in [0.3, 0.4) is 0 Å². The normalized spacial score (nSPS) is 10.6. The zero-order valence-electron chi connectivity index (χ0n) is 8.21. The number of carbonyl (C=O) groups is 1. The van der Waals surface area contributed by atoms with E-state index in [9.17, 15) is 13.6 Å². The van der Waals surface area contributed by atoms with Gasteiger partial charge in [0.1, 0.15) is 5.56 Å². The molecule has 0 aliphatic carbocycles. The van der Waals surface area contributed by atoms with Crippen molar-refractivity contribution in [2.75, 3.05) is 7.11 Å². The number of nitrogens with zero attached hydrogens (tertiary/aromatic N) is 1. The molecule has 0 spiro atoms. The van der Waals surface area contributed by atoms with Crippen LogP contribution < -0.4 is 4.74 Å². The molecule has 0 radical (unpaired) electrons. The van der Waals surface area contributed by atoms with E-state index < -0.39 is 23.5 Å². The molecule has 1 N–H and O–H groups in total. The number of hydrogen-bond acceptors (Lipinski definition) is 3. The minimum Gasteiger partial charge on any atom is -0.494 e. The van der Waals surface area contributed by atoms with E-state index in [2.05, 4.69) is 4.98 Å². The highest BCUT2D eigenvalue weighted by Gasteiger charge is 2.25. The van der Waals surface area contributed by atoms with Crippen LogP contribution in [-0.2, 0) is 5.88 Å². The Balaban J connectivity index is 3.50. The third-order valence-electron chi connectivity index (χ3n) is 1.92. The van der Waals surface area contributed by atoms with E-state index in [-0.39, 0.29) is 17.3 Å². The van der Waals surface area contributed by atoms with Gasteiger partial charge in [0.15, 0.2) is 5.75 Å². The number of halogens is 3. The van der Waals surface area contributed by atoms with E-state index in [1.54, 1.807) is 0 Å². The summed E-state index contributed by atoms with van der Waals surface area (Å²) in [6.07, 6.45) is -2.13. The fourth-order valence-corrected chi connectivity index (χ4v) is 1.44. The Morgan fingerprint density at radius 1 is 1.69 bits per heavy atom. The number of carboxylic acids is 1. The van der Waals surface area contributed by atoms with E-state index in [1.165, 1.54) is 7.11 Å². The second-order valence-electron chi connectivity index (χ2n) is 2.81. The maximum Gasteiger partial charge on any atom is 0.340 e. The first kappa shape index (κ1) is 12.6. The van der Waals surface area contributed by atoms with Crippen LogP contribution in [0.4, 0.5) is 8.78 Å². The Morgan fingerprint density at radius 2 is 2.31 bits per heavy atom. The first-order valence-corrected chi connectivity index (χ1v) is 4.69. The predicted octanol–water partition coefficient (Wildman–Crippen LogP) is 2.46. The number of hydrogen-bond donors (Lipinski definition) is 1. The van der Waals surface area contributed by atoms with Crippen LogP contribution in [0.1, 0.15) is 28.0 Å². The second kappa shape index (κ2) is 5.07. The molecule has 1 aromatic heterocycles. The Kier molecular flexibility index (Phi) is 4.00.